The van der Waals surface area contributed by atoms with Gasteiger partial charge in [0.15, 0.2) is 11.5 Å². The van der Waals surface area contributed by atoms with Crippen LogP contribution in [0.25, 0.3) is 0 Å². The highest BCUT2D eigenvalue weighted by Crippen LogP contribution is 2.27. The first-order valence-electron chi connectivity index (χ1n) is 6.57. The van der Waals surface area contributed by atoms with E-state index in [0.29, 0.717) is 17.2 Å². The second-order valence-electron chi connectivity index (χ2n) is 4.47. The van der Waals surface area contributed by atoms with Gasteiger partial charge in [-0.2, -0.15) is 5.10 Å². The first-order valence-corrected chi connectivity index (χ1v) is 6.95. The quantitative estimate of drug-likeness (QED) is 0.647. The zero-order valence-corrected chi connectivity index (χ0v) is 13.3. The average Bonchev–Trinajstić information content (AvgIpc) is 2.55. The number of hydrogen-bond acceptors (Lipinski definition) is 6. The smallest absolute Gasteiger partial charge is 0.161 e. The molecule has 0 aliphatic rings. The van der Waals surface area contributed by atoms with Crippen molar-refractivity contribution in [1.82, 2.24) is 0 Å². The van der Waals surface area contributed by atoms with Crippen molar-refractivity contribution in [2.75, 3.05) is 19.6 Å². The van der Waals surface area contributed by atoms with Crippen molar-refractivity contribution in [2.24, 2.45) is 5.10 Å². The third-order valence-corrected chi connectivity index (χ3v) is 3.33. The highest BCUT2D eigenvalue weighted by atomic mass is 35.5. The van der Waals surface area contributed by atoms with E-state index >= 15 is 0 Å². The van der Waals surface area contributed by atoms with Gasteiger partial charge in [0.1, 0.15) is 0 Å². The standard InChI is InChI=1S/C16H15ClN2O4/c1-22-14-6-3-10(7-15(14)23-2)9-18-19-11-4-5-13(17)12(8-11)16(20)21/h3-9,19H,1-2H3,(H,20,21)/p-1/b18-9-. The van der Waals surface area contributed by atoms with E-state index in [1.54, 1.807) is 44.7 Å². The highest BCUT2D eigenvalue weighted by Gasteiger charge is 2.04. The number of halogens is 1. The Kier molecular flexibility index (Phi) is 5.43. The minimum atomic E-state index is -1.34. The number of aromatic carboxylic acids is 1. The second-order valence-corrected chi connectivity index (χ2v) is 4.87. The first kappa shape index (κ1) is 16.6. The van der Waals surface area contributed by atoms with Crippen LogP contribution in [0.3, 0.4) is 0 Å². The number of hydrazone groups is 1. The van der Waals surface area contributed by atoms with Gasteiger partial charge >= 0.3 is 0 Å². The molecule has 120 valence electrons. The lowest BCUT2D eigenvalue weighted by atomic mass is 10.2. The number of carbonyl (C=O) groups is 1. The molecule has 0 atom stereocenters. The summed E-state index contributed by atoms with van der Waals surface area (Å²) in [4.78, 5) is 10.9. The minimum absolute atomic E-state index is 0.0991. The molecule has 23 heavy (non-hydrogen) atoms. The minimum Gasteiger partial charge on any atom is -0.545 e. The van der Waals surface area contributed by atoms with E-state index < -0.39 is 5.97 Å². The number of rotatable bonds is 6. The van der Waals surface area contributed by atoms with Crippen molar-refractivity contribution in [2.45, 2.75) is 0 Å². The van der Waals surface area contributed by atoms with Crippen LogP contribution < -0.4 is 20.0 Å². The van der Waals surface area contributed by atoms with Crippen LogP contribution in [0.5, 0.6) is 11.5 Å². The number of anilines is 1. The molecule has 0 heterocycles. The maximum atomic E-state index is 10.9. The van der Waals surface area contributed by atoms with E-state index in [4.69, 9.17) is 21.1 Å². The Balaban J connectivity index is 2.13. The molecule has 0 aliphatic heterocycles. The molecule has 0 aliphatic carbocycles. The second kappa shape index (κ2) is 7.51. The van der Waals surface area contributed by atoms with E-state index in [2.05, 4.69) is 10.5 Å². The van der Waals surface area contributed by atoms with Crippen LogP contribution in [-0.4, -0.2) is 26.4 Å². The summed E-state index contributed by atoms with van der Waals surface area (Å²) < 4.78 is 10.4. The molecule has 0 spiro atoms. The van der Waals surface area contributed by atoms with Gasteiger partial charge in [0.2, 0.25) is 0 Å². The van der Waals surface area contributed by atoms with Gasteiger partial charge in [0.05, 0.1) is 32.1 Å². The van der Waals surface area contributed by atoms with Crippen LogP contribution in [-0.2, 0) is 0 Å². The predicted octanol–water partition coefficient (Wildman–Crippen LogP) is 2.17. The monoisotopic (exact) mass is 333 g/mol. The molecule has 1 N–H and O–H groups in total. The predicted molar refractivity (Wildman–Crippen MR) is 86.5 cm³/mol. The summed E-state index contributed by atoms with van der Waals surface area (Å²) in [6, 6.07) is 9.75. The maximum Gasteiger partial charge on any atom is 0.161 e. The van der Waals surface area contributed by atoms with Crippen LogP contribution in [0.1, 0.15) is 15.9 Å². The molecule has 0 aromatic heterocycles. The molecule has 0 unspecified atom stereocenters. The lowest BCUT2D eigenvalue weighted by Crippen LogP contribution is -2.22. The van der Waals surface area contributed by atoms with Crippen molar-refractivity contribution in [3.05, 3.63) is 52.5 Å². The van der Waals surface area contributed by atoms with Gasteiger partial charge < -0.3 is 19.4 Å². The number of carbonyl (C=O) groups excluding carboxylic acids is 1. The van der Waals surface area contributed by atoms with Gasteiger partial charge in [-0.25, -0.2) is 0 Å². The zero-order chi connectivity index (χ0) is 16.8. The first-order chi connectivity index (χ1) is 11.0. The van der Waals surface area contributed by atoms with Gasteiger partial charge in [-0.3, -0.25) is 5.43 Å². The number of ether oxygens (including phenoxy) is 2. The largest absolute Gasteiger partial charge is 0.545 e. The molecule has 2 rings (SSSR count). The fourth-order valence-corrected chi connectivity index (χ4v) is 2.06. The molecule has 0 saturated heterocycles. The topological polar surface area (TPSA) is 83.0 Å². The molecule has 2 aromatic carbocycles. The third-order valence-electron chi connectivity index (χ3n) is 3.00. The average molecular weight is 334 g/mol. The van der Waals surface area contributed by atoms with E-state index in [1.165, 1.54) is 12.1 Å². The number of nitrogens with zero attached hydrogens (tertiary/aromatic N) is 1. The molecule has 2 aromatic rings. The fraction of sp³-hybridized carbons (Fsp3) is 0.125. The molecular weight excluding hydrogens is 320 g/mol. The Hall–Kier alpha value is -2.73. The van der Waals surface area contributed by atoms with E-state index in [-0.39, 0.29) is 10.6 Å². The van der Waals surface area contributed by atoms with Crippen LogP contribution in [0.2, 0.25) is 5.02 Å². The molecular formula is C16H14ClN2O4-. The number of carboxylic acid groups (broad SMARTS) is 1. The summed E-state index contributed by atoms with van der Waals surface area (Å²) in [5, 5.41) is 15.1. The van der Waals surface area contributed by atoms with Crippen molar-refractivity contribution in [1.29, 1.82) is 0 Å². The fourth-order valence-electron chi connectivity index (χ4n) is 1.87. The SMILES string of the molecule is COc1ccc(/C=N\Nc2ccc(Cl)c(C(=O)[O-])c2)cc1OC. The lowest BCUT2D eigenvalue weighted by Gasteiger charge is -2.08. The van der Waals surface area contributed by atoms with Crippen molar-refractivity contribution in [3.63, 3.8) is 0 Å². The van der Waals surface area contributed by atoms with Gasteiger partial charge in [-0.1, -0.05) is 11.6 Å². The summed E-state index contributed by atoms with van der Waals surface area (Å²) in [6.07, 6.45) is 1.56. The molecule has 0 amide bonds. The number of benzene rings is 2. The summed E-state index contributed by atoms with van der Waals surface area (Å²) >= 11 is 5.77. The van der Waals surface area contributed by atoms with Gasteiger partial charge in [-0.15, -0.1) is 0 Å². The Morgan fingerprint density at radius 1 is 1.17 bits per heavy atom. The van der Waals surface area contributed by atoms with Gasteiger partial charge in [-0.05, 0) is 42.0 Å². The molecule has 6 nitrogen and oxygen atoms in total. The van der Waals surface area contributed by atoms with E-state index in [1.807, 2.05) is 0 Å². The Morgan fingerprint density at radius 3 is 2.57 bits per heavy atom. The molecule has 0 fully saturated rings. The zero-order valence-electron chi connectivity index (χ0n) is 12.5. The number of carboxylic acids is 1. The van der Waals surface area contributed by atoms with Crippen LogP contribution in [0.4, 0.5) is 5.69 Å². The van der Waals surface area contributed by atoms with Gasteiger partial charge in [0.25, 0.3) is 0 Å². The normalized spacial score (nSPS) is 10.6. The summed E-state index contributed by atoms with van der Waals surface area (Å²) in [5.41, 5.74) is 3.89. The highest BCUT2D eigenvalue weighted by molar-refractivity contribution is 6.33. The van der Waals surface area contributed by atoms with Crippen molar-refractivity contribution in [3.8, 4) is 11.5 Å². The number of nitrogens with one attached hydrogen (secondary N) is 1. The third kappa shape index (κ3) is 4.14. The van der Waals surface area contributed by atoms with Crippen LogP contribution in [0, 0.1) is 0 Å². The summed E-state index contributed by atoms with van der Waals surface area (Å²) in [5.74, 6) is -0.140. The van der Waals surface area contributed by atoms with E-state index in [0.717, 1.165) is 5.56 Å². The Labute approximate surface area is 138 Å². The summed E-state index contributed by atoms with van der Waals surface area (Å²) in [6.45, 7) is 0. The maximum absolute atomic E-state index is 10.9. The van der Waals surface area contributed by atoms with Crippen molar-refractivity contribution < 1.29 is 19.4 Å². The van der Waals surface area contributed by atoms with Crippen LogP contribution in [0.15, 0.2) is 41.5 Å². The lowest BCUT2D eigenvalue weighted by molar-refractivity contribution is -0.255. The molecule has 0 radical (unpaired) electrons. The number of methoxy groups -OCH3 is 2. The Bertz CT molecular complexity index is 747. The van der Waals surface area contributed by atoms with Crippen LogP contribution >= 0.6 is 11.6 Å². The van der Waals surface area contributed by atoms with Crippen molar-refractivity contribution >= 4 is 29.5 Å². The molecule has 7 heteroatoms. The van der Waals surface area contributed by atoms with Gasteiger partial charge in [0, 0.05) is 10.6 Å². The number of hydrogen-bond donors (Lipinski definition) is 1. The molecule has 0 bridgehead atoms. The summed E-state index contributed by atoms with van der Waals surface area (Å²) in [7, 11) is 3.11. The Morgan fingerprint density at radius 2 is 1.91 bits per heavy atom. The molecule has 0 saturated carbocycles. The van der Waals surface area contributed by atoms with E-state index in [9.17, 15) is 9.90 Å².